The number of fused-ring (bicyclic) bond motifs is 1. The monoisotopic (exact) mass is 240 g/mol. The van der Waals surface area contributed by atoms with E-state index in [-0.39, 0.29) is 30.1 Å². The van der Waals surface area contributed by atoms with E-state index in [1.54, 1.807) is 0 Å². The van der Waals surface area contributed by atoms with E-state index in [2.05, 4.69) is 13.8 Å². The van der Waals surface area contributed by atoms with Gasteiger partial charge in [0.15, 0.2) is 0 Å². The van der Waals surface area contributed by atoms with Crippen LogP contribution in [0.25, 0.3) is 0 Å². The highest BCUT2D eigenvalue weighted by atomic mass is 16.3. The standard InChI is InChI=1S/C14H24O3/c1-7-6-11-12(8(2)10(7)4-5-15)14(17)9(3)13(11)16/h7-13,15-16H,4-6H2,1-3H3/t7?,8?,9-,10?,11?,12?,13+/m0/s1. The minimum absolute atomic E-state index is 0.0211. The van der Waals surface area contributed by atoms with Crippen molar-refractivity contribution >= 4 is 5.78 Å². The molecule has 0 saturated heterocycles. The predicted molar refractivity (Wildman–Crippen MR) is 65.3 cm³/mol. The fraction of sp³-hybridized carbons (Fsp3) is 0.929. The molecule has 2 aliphatic rings. The normalized spacial score (nSPS) is 50.4. The molecule has 0 aromatic rings. The van der Waals surface area contributed by atoms with Gasteiger partial charge in [-0.3, -0.25) is 4.79 Å². The Morgan fingerprint density at radius 2 is 1.94 bits per heavy atom. The van der Waals surface area contributed by atoms with E-state index in [9.17, 15) is 9.90 Å². The molecule has 0 bridgehead atoms. The van der Waals surface area contributed by atoms with Gasteiger partial charge in [-0.2, -0.15) is 0 Å². The smallest absolute Gasteiger partial charge is 0.142 e. The average molecular weight is 240 g/mol. The Morgan fingerprint density at radius 1 is 1.29 bits per heavy atom. The van der Waals surface area contributed by atoms with E-state index in [4.69, 9.17) is 5.11 Å². The molecule has 0 spiro atoms. The Morgan fingerprint density at radius 3 is 2.53 bits per heavy atom. The Hall–Kier alpha value is -0.410. The van der Waals surface area contributed by atoms with E-state index in [0.29, 0.717) is 17.8 Å². The SMILES string of the molecule is CC1CC2C(C(=O)[C@@H](C)[C@H]2O)C(C)C1CCO. The summed E-state index contributed by atoms with van der Waals surface area (Å²) in [5.74, 6) is 1.42. The first kappa shape index (κ1) is 13.0. The van der Waals surface area contributed by atoms with Crippen molar-refractivity contribution in [2.75, 3.05) is 6.61 Å². The summed E-state index contributed by atoms with van der Waals surface area (Å²) >= 11 is 0. The summed E-state index contributed by atoms with van der Waals surface area (Å²) in [5, 5.41) is 19.3. The maximum absolute atomic E-state index is 12.2. The number of aliphatic hydroxyl groups is 2. The number of aliphatic hydroxyl groups excluding tert-OH is 2. The zero-order valence-electron chi connectivity index (χ0n) is 11.0. The minimum Gasteiger partial charge on any atom is -0.396 e. The molecule has 7 atom stereocenters. The van der Waals surface area contributed by atoms with Crippen molar-refractivity contribution in [2.24, 2.45) is 35.5 Å². The zero-order chi connectivity index (χ0) is 12.7. The highest BCUT2D eigenvalue weighted by Crippen LogP contribution is 2.50. The molecule has 2 saturated carbocycles. The van der Waals surface area contributed by atoms with E-state index >= 15 is 0 Å². The lowest BCUT2D eigenvalue weighted by Gasteiger charge is -2.42. The van der Waals surface area contributed by atoms with Crippen LogP contribution in [0.1, 0.15) is 33.6 Å². The van der Waals surface area contributed by atoms with Gasteiger partial charge in [-0.05, 0) is 36.5 Å². The molecular weight excluding hydrogens is 216 g/mol. The van der Waals surface area contributed by atoms with Crippen molar-refractivity contribution < 1.29 is 15.0 Å². The minimum atomic E-state index is -0.451. The van der Waals surface area contributed by atoms with Crippen LogP contribution in [0.3, 0.4) is 0 Å². The van der Waals surface area contributed by atoms with Gasteiger partial charge in [0.05, 0.1) is 6.10 Å². The molecule has 0 aromatic carbocycles. The van der Waals surface area contributed by atoms with Crippen LogP contribution in [-0.4, -0.2) is 28.7 Å². The third kappa shape index (κ3) is 1.93. The summed E-state index contributed by atoms with van der Waals surface area (Å²) in [6, 6.07) is 0. The number of hydrogen-bond acceptors (Lipinski definition) is 3. The Labute approximate surface area is 103 Å². The van der Waals surface area contributed by atoms with E-state index in [1.165, 1.54) is 0 Å². The van der Waals surface area contributed by atoms with Crippen LogP contribution in [-0.2, 0) is 4.79 Å². The Balaban J connectivity index is 2.22. The largest absolute Gasteiger partial charge is 0.396 e. The lowest BCUT2D eigenvalue weighted by molar-refractivity contribution is -0.127. The fourth-order valence-electron chi connectivity index (χ4n) is 4.29. The third-order valence-corrected chi connectivity index (χ3v) is 5.27. The van der Waals surface area contributed by atoms with Crippen molar-refractivity contribution in [3.8, 4) is 0 Å². The van der Waals surface area contributed by atoms with Gasteiger partial charge in [0.1, 0.15) is 5.78 Å². The fourth-order valence-corrected chi connectivity index (χ4v) is 4.29. The van der Waals surface area contributed by atoms with Gasteiger partial charge >= 0.3 is 0 Å². The molecule has 0 aromatic heterocycles. The molecule has 2 fully saturated rings. The topological polar surface area (TPSA) is 57.5 Å². The van der Waals surface area contributed by atoms with Gasteiger partial charge in [-0.25, -0.2) is 0 Å². The molecule has 0 aliphatic heterocycles. The van der Waals surface area contributed by atoms with Gasteiger partial charge in [-0.1, -0.05) is 20.8 Å². The molecule has 2 aliphatic carbocycles. The summed E-state index contributed by atoms with van der Waals surface area (Å²) in [6.07, 6.45) is 1.26. The molecule has 0 amide bonds. The molecule has 2 rings (SSSR count). The molecular formula is C14H24O3. The quantitative estimate of drug-likeness (QED) is 0.768. The van der Waals surface area contributed by atoms with Gasteiger partial charge < -0.3 is 10.2 Å². The van der Waals surface area contributed by atoms with Crippen LogP contribution in [0.2, 0.25) is 0 Å². The number of carbonyl (C=O) groups is 1. The molecule has 2 N–H and O–H groups in total. The van der Waals surface area contributed by atoms with Crippen molar-refractivity contribution in [1.82, 2.24) is 0 Å². The summed E-state index contributed by atoms with van der Waals surface area (Å²) in [6.45, 7) is 6.36. The molecule has 0 radical (unpaired) electrons. The van der Waals surface area contributed by atoms with E-state index < -0.39 is 6.10 Å². The first-order chi connectivity index (χ1) is 7.99. The number of ketones is 1. The maximum atomic E-state index is 12.2. The molecule has 0 heterocycles. The van der Waals surface area contributed by atoms with Crippen molar-refractivity contribution in [3.63, 3.8) is 0 Å². The van der Waals surface area contributed by atoms with Crippen LogP contribution in [0.4, 0.5) is 0 Å². The van der Waals surface area contributed by atoms with Crippen LogP contribution in [0.15, 0.2) is 0 Å². The summed E-state index contributed by atoms with van der Waals surface area (Å²) in [5.41, 5.74) is 0. The zero-order valence-corrected chi connectivity index (χ0v) is 11.0. The lowest BCUT2D eigenvalue weighted by atomic mass is 9.62. The molecule has 5 unspecified atom stereocenters. The van der Waals surface area contributed by atoms with Crippen molar-refractivity contribution in [2.45, 2.75) is 39.7 Å². The number of Topliss-reactive ketones (excluding diaryl/α,β-unsaturated/α-hetero) is 1. The van der Waals surface area contributed by atoms with Gasteiger partial charge in [0.2, 0.25) is 0 Å². The Bertz CT molecular complexity index is 302. The first-order valence-corrected chi connectivity index (χ1v) is 6.81. The number of carbonyl (C=O) groups excluding carboxylic acids is 1. The second kappa shape index (κ2) is 4.69. The van der Waals surface area contributed by atoms with Crippen LogP contribution < -0.4 is 0 Å². The predicted octanol–water partition coefficient (Wildman–Crippen LogP) is 1.47. The molecule has 3 nitrogen and oxygen atoms in total. The van der Waals surface area contributed by atoms with Gasteiger partial charge in [0, 0.05) is 18.4 Å². The van der Waals surface area contributed by atoms with Crippen molar-refractivity contribution in [3.05, 3.63) is 0 Å². The van der Waals surface area contributed by atoms with E-state index in [0.717, 1.165) is 12.8 Å². The second-order valence-corrected chi connectivity index (χ2v) is 6.12. The third-order valence-electron chi connectivity index (χ3n) is 5.27. The van der Waals surface area contributed by atoms with Crippen LogP contribution >= 0.6 is 0 Å². The first-order valence-electron chi connectivity index (χ1n) is 6.81. The van der Waals surface area contributed by atoms with Crippen LogP contribution in [0, 0.1) is 35.5 Å². The summed E-state index contributed by atoms with van der Waals surface area (Å²) in [7, 11) is 0. The van der Waals surface area contributed by atoms with E-state index in [1.807, 2.05) is 6.92 Å². The maximum Gasteiger partial charge on any atom is 0.142 e. The average Bonchev–Trinajstić information content (AvgIpc) is 2.50. The summed E-state index contributed by atoms with van der Waals surface area (Å²) in [4.78, 5) is 12.2. The molecule has 3 heteroatoms. The summed E-state index contributed by atoms with van der Waals surface area (Å²) < 4.78 is 0. The van der Waals surface area contributed by atoms with Crippen LogP contribution in [0.5, 0.6) is 0 Å². The molecule has 17 heavy (non-hydrogen) atoms. The Kier molecular flexibility index (Phi) is 3.60. The van der Waals surface area contributed by atoms with Gasteiger partial charge in [0.25, 0.3) is 0 Å². The van der Waals surface area contributed by atoms with Gasteiger partial charge in [-0.15, -0.1) is 0 Å². The number of rotatable bonds is 2. The number of hydrogen-bond donors (Lipinski definition) is 2. The second-order valence-electron chi connectivity index (χ2n) is 6.12. The van der Waals surface area contributed by atoms with Crippen molar-refractivity contribution in [1.29, 1.82) is 0 Å². The highest BCUT2D eigenvalue weighted by molar-refractivity contribution is 5.87. The highest BCUT2D eigenvalue weighted by Gasteiger charge is 2.53. The molecule has 98 valence electrons. The lowest BCUT2D eigenvalue weighted by Crippen LogP contribution is -2.40.